The molecule has 0 bridgehead atoms. The summed E-state index contributed by atoms with van der Waals surface area (Å²) in [6, 6.07) is 26.8. The molecular weight excluding hydrogens is 605 g/mol. The molecule has 4 aromatic carbocycles. The van der Waals surface area contributed by atoms with Crippen LogP contribution in [0, 0.1) is 18.7 Å². The first kappa shape index (κ1) is 34.2. The number of ether oxygens (including phenoxy) is 1. The zero-order chi connectivity index (χ0) is 33.3. The van der Waals surface area contributed by atoms with Gasteiger partial charge in [-0.05, 0) is 60.9 Å². The number of hydrogen-bond donors (Lipinski definition) is 1. The molecule has 10 heteroatoms. The molecule has 46 heavy (non-hydrogen) atoms. The van der Waals surface area contributed by atoms with Crippen LogP contribution in [0.25, 0.3) is 0 Å². The summed E-state index contributed by atoms with van der Waals surface area (Å²) < 4.78 is 49.5. The second-order valence-electron chi connectivity index (χ2n) is 11.5. The Morgan fingerprint density at radius 2 is 1.50 bits per heavy atom. The molecule has 0 aliphatic rings. The molecule has 0 aromatic heterocycles. The monoisotopic (exact) mass is 645 g/mol. The second kappa shape index (κ2) is 15.5. The van der Waals surface area contributed by atoms with Crippen molar-refractivity contribution in [2.75, 3.05) is 24.5 Å². The highest BCUT2D eigenvalue weighted by Gasteiger charge is 2.35. The number of sulfonamides is 1. The number of methoxy groups -OCH3 is 1. The van der Waals surface area contributed by atoms with Gasteiger partial charge in [0, 0.05) is 25.1 Å². The highest BCUT2D eigenvalue weighted by molar-refractivity contribution is 7.92. The minimum Gasteiger partial charge on any atom is -0.497 e. The summed E-state index contributed by atoms with van der Waals surface area (Å²) in [5.41, 5.74) is 2.16. The molecule has 0 aliphatic heterocycles. The Kier molecular flexibility index (Phi) is 11.5. The van der Waals surface area contributed by atoms with Gasteiger partial charge in [0.05, 0.1) is 17.7 Å². The number of amides is 2. The number of carbonyl (C=O) groups excluding carboxylic acids is 2. The Labute approximate surface area is 270 Å². The number of nitrogens with zero attached hydrogens (tertiary/aromatic N) is 2. The lowest BCUT2D eigenvalue weighted by atomic mass is 10.0. The number of halogens is 1. The Hall–Kier alpha value is -4.70. The van der Waals surface area contributed by atoms with Gasteiger partial charge in [0.2, 0.25) is 11.8 Å². The minimum absolute atomic E-state index is 0.0437. The summed E-state index contributed by atoms with van der Waals surface area (Å²) in [7, 11) is -2.79. The van der Waals surface area contributed by atoms with Gasteiger partial charge in [-0.3, -0.25) is 13.9 Å². The van der Waals surface area contributed by atoms with Crippen molar-refractivity contribution in [3.8, 4) is 5.75 Å². The Balaban J connectivity index is 1.80. The summed E-state index contributed by atoms with van der Waals surface area (Å²) in [5, 5.41) is 2.93. The first-order valence-electron chi connectivity index (χ1n) is 15.1. The van der Waals surface area contributed by atoms with Crippen LogP contribution in [0.1, 0.15) is 30.5 Å². The molecule has 0 heterocycles. The molecule has 0 saturated carbocycles. The molecular formula is C36H40FN3O5S. The van der Waals surface area contributed by atoms with Crippen LogP contribution in [0.5, 0.6) is 5.75 Å². The van der Waals surface area contributed by atoms with Gasteiger partial charge in [0.15, 0.2) is 0 Å². The van der Waals surface area contributed by atoms with Crippen molar-refractivity contribution in [1.29, 1.82) is 0 Å². The van der Waals surface area contributed by atoms with Crippen LogP contribution in [0.15, 0.2) is 108 Å². The molecule has 0 spiro atoms. The quantitative estimate of drug-likeness (QED) is 0.189. The van der Waals surface area contributed by atoms with E-state index in [0.717, 1.165) is 15.4 Å². The van der Waals surface area contributed by atoms with Gasteiger partial charge >= 0.3 is 0 Å². The van der Waals surface area contributed by atoms with Crippen molar-refractivity contribution >= 4 is 27.5 Å². The van der Waals surface area contributed by atoms with Crippen molar-refractivity contribution in [2.24, 2.45) is 5.92 Å². The van der Waals surface area contributed by atoms with Crippen LogP contribution in [0.2, 0.25) is 0 Å². The number of benzene rings is 4. The van der Waals surface area contributed by atoms with E-state index >= 15 is 4.39 Å². The SMILES string of the molecule is COc1ccc(S(=O)(=O)N(CC(=O)N(Cc2ccccc2F)C(Cc2ccccc2)C(=O)NCC(C)C)c2ccc(C)cc2)cc1. The van der Waals surface area contributed by atoms with E-state index in [4.69, 9.17) is 4.74 Å². The molecule has 1 unspecified atom stereocenters. The molecule has 4 rings (SSSR count). The van der Waals surface area contributed by atoms with Crippen molar-refractivity contribution in [3.05, 3.63) is 126 Å². The first-order chi connectivity index (χ1) is 22.0. The van der Waals surface area contributed by atoms with Crippen LogP contribution in [0.3, 0.4) is 0 Å². The third kappa shape index (κ3) is 8.72. The fraction of sp³-hybridized carbons (Fsp3) is 0.278. The summed E-state index contributed by atoms with van der Waals surface area (Å²) >= 11 is 0. The molecule has 2 amide bonds. The van der Waals surface area contributed by atoms with E-state index < -0.39 is 40.2 Å². The lowest BCUT2D eigenvalue weighted by Gasteiger charge is -2.34. The third-order valence-electron chi connectivity index (χ3n) is 7.50. The van der Waals surface area contributed by atoms with Crippen molar-refractivity contribution in [1.82, 2.24) is 10.2 Å². The fourth-order valence-corrected chi connectivity index (χ4v) is 6.32. The van der Waals surface area contributed by atoms with Crippen LogP contribution in [-0.2, 0) is 32.6 Å². The lowest BCUT2D eigenvalue weighted by molar-refractivity contribution is -0.140. The van der Waals surface area contributed by atoms with Crippen molar-refractivity contribution in [3.63, 3.8) is 0 Å². The zero-order valence-electron chi connectivity index (χ0n) is 26.5. The molecule has 0 radical (unpaired) electrons. The maximum Gasteiger partial charge on any atom is 0.264 e. The number of rotatable bonds is 14. The molecule has 8 nitrogen and oxygen atoms in total. The average molecular weight is 646 g/mol. The molecule has 1 atom stereocenters. The summed E-state index contributed by atoms with van der Waals surface area (Å²) in [6.07, 6.45) is 0.140. The average Bonchev–Trinajstić information content (AvgIpc) is 3.05. The second-order valence-corrected chi connectivity index (χ2v) is 13.3. The standard InChI is InChI=1S/C36H40FN3O5S/c1-26(2)23-38-36(42)34(22-28-10-6-5-7-11-28)39(24-29-12-8-9-13-33(29)37)35(41)25-40(30-16-14-27(3)15-17-30)46(43,44)32-20-18-31(45-4)19-21-32/h5-21,26,34H,22-25H2,1-4H3,(H,38,42). The molecule has 0 aliphatic carbocycles. The highest BCUT2D eigenvalue weighted by Crippen LogP contribution is 2.27. The van der Waals surface area contributed by atoms with E-state index in [0.29, 0.717) is 12.3 Å². The van der Waals surface area contributed by atoms with Crippen molar-refractivity contribution < 1.29 is 27.1 Å². The molecule has 242 valence electrons. The number of carbonyl (C=O) groups is 2. The number of aryl methyl sites for hydroxylation is 1. The van der Waals surface area contributed by atoms with Crippen molar-refractivity contribution in [2.45, 2.75) is 44.7 Å². The smallest absolute Gasteiger partial charge is 0.264 e. The van der Waals surface area contributed by atoms with E-state index in [-0.39, 0.29) is 35.0 Å². The van der Waals surface area contributed by atoms with Crippen LogP contribution >= 0.6 is 0 Å². The van der Waals surface area contributed by atoms with Gasteiger partial charge in [-0.2, -0.15) is 0 Å². The first-order valence-corrected chi connectivity index (χ1v) is 16.5. The minimum atomic E-state index is -4.27. The van der Waals surface area contributed by atoms with Gasteiger partial charge in [-0.1, -0.05) is 80.1 Å². The molecule has 0 fully saturated rings. The summed E-state index contributed by atoms with van der Waals surface area (Å²) in [5.74, 6) is -1.00. The topological polar surface area (TPSA) is 96.0 Å². The molecule has 1 N–H and O–H groups in total. The van der Waals surface area contributed by atoms with E-state index in [1.807, 2.05) is 51.1 Å². The predicted molar refractivity (Wildman–Crippen MR) is 177 cm³/mol. The fourth-order valence-electron chi connectivity index (χ4n) is 4.90. The Morgan fingerprint density at radius 1 is 0.870 bits per heavy atom. The van der Waals surface area contributed by atoms with E-state index in [2.05, 4.69) is 5.32 Å². The van der Waals surface area contributed by atoms with Crippen LogP contribution in [-0.4, -0.2) is 51.4 Å². The van der Waals surface area contributed by atoms with Gasteiger partial charge in [-0.25, -0.2) is 12.8 Å². The van der Waals surface area contributed by atoms with Gasteiger partial charge in [-0.15, -0.1) is 0 Å². The highest BCUT2D eigenvalue weighted by atomic mass is 32.2. The van der Waals surface area contributed by atoms with Gasteiger partial charge < -0.3 is 15.0 Å². The normalized spacial score (nSPS) is 12.0. The number of nitrogens with one attached hydrogen (secondary N) is 1. The summed E-state index contributed by atoms with van der Waals surface area (Å²) in [4.78, 5) is 29.5. The summed E-state index contributed by atoms with van der Waals surface area (Å²) in [6.45, 7) is 5.28. The van der Waals surface area contributed by atoms with Gasteiger partial charge in [0.25, 0.3) is 10.0 Å². The predicted octanol–water partition coefficient (Wildman–Crippen LogP) is 5.75. The number of anilines is 1. The molecule has 4 aromatic rings. The number of hydrogen-bond acceptors (Lipinski definition) is 5. The zero-order valence-corrected chi connectivity index (χ0v) is 27.3. The maximum atomic E-state index is 15.0. The third-order valence-corrected chi connectivity index (χ3v) is 9.29. The van der Waals surface area contributed by atoms with Crippen LogP contribution in [0.4, 0.5) is 10.1 Å². The van der Waals surface area contributed by atoms with Crippen LogP contribution < -0.4 is 14.4 Å². The van der Waals surface area contributed by atoms with E-state index in [1.165, 1.54) is 42.3 Å². The Bertz CT molecular complexity index is 1710. The lowest BCUT2D eigenvalue weighted by Crippen LogP contribution is -2.53. The van der Waals surface area contributed by atoms with E-state index in [1.54, 1.807) is 42.5 Å². The largest absolute Gasteiger partial charge is 0.497 e. The van der Waals surface area contributed by atoms with Gasteiger partial charge in [0.1, 0.15) is 24.2 Å². The molecule has 0 saturated heterocycles. The Morgan fingerprint density at radius 3 is 2.11 bits per heavy atom. The maximum absolute atomic E-state index is 15.0. The van der Waals surface area contributed by atoms with E-state index in [9.17, 15) is 18.0 Å².